The molecule has 2 aliphatic carbocycles. The molecule has 2 amide bonds. The quantitative estimate of drug-likeness (QED) is 0.822. The van der Waals surface area contributed by atoms with Gasteiger partial charge in [0.05, 0.1) is 12.0 Å². The van der Waals surface area contributed by atoms with E-state index >= 15 is 0 Å². The number of carbonyl (C=O) groups is 3. The fraction of sp³-hybridized carbons (Fsp3) is 0.571. The zero-order chi connectivity index (χ0) is 19.6. The average molecular weight is 403 g/mol. The van der Waals surface area contributed by atoms with Crippen LogP contribution in [0.3, 0.4) is 0 Å². The molecule has 2 saturated carbocycles. The molecular formula is C21H23ClN2O4. The Morgan fingerprint density at radius 3 is 2.68 bits per heavy atom. The van der Waals surface area contributed by atoms with Gasteiger partial charge >= 0.3 is 0 Å². The number of amides is 2. The fourth-order valence-corrected chi connectivity index (χ4v) is 5.89. The Morgan fingerprint density at radius 2 is 1.96 bits per heavy atom. The third kappa shape index (κ3) is 2.65. The standard InChI is InChI=1S/C21H23ClN2O4/c22-12-1-2-16-14(9-12)15(25)10-21(28-16)6-3-13-17(18(13)21)20(27)24-7-4-11(5-8-24)19(23)26/h1-2,9,11,13,17-18H,3-8,10H2,(H2,23,26)/t13-,17+,18+,21+/m0/s1. The SMILES string of the molecule is NC(=O)C1CCN(C(=O)[C@@H]2[C@@H]3CC[C@@]4(CC(=O)c5cc(Cl)ccc5O4)[C@H]32)CC1. The minimum Gasteiger partial charge on any atom is -0.486 e. The van der Waals surface area contributed by atoms with Crippen LogP contribution < -0.4 is 10.5 Å². The van der Waals surface area contributed by atoms with Crippen molar-refractivity contribution in [3.8, 4) is 5.75 Å². The predicted octanol–water partition coefficient (Wildman–Crippen LogP) is 2.42. The number of fused-ring (bicyclic) bond motifs is 3. The highest BCUT2D eigenvalue weighted by atomic mass is 35.5. The van der Waals surface area contributed by atoms with E-state index in [0.29, 0.717) is 54.6 Å². The molecular weight excluding hydrogens is 380 g/mol. The molecule has 3 fully saturated rings. The lowest BCUT2D eigenvalue weighted by molar-refractivity contribution is -0.137. The Morgan fingerprint density at radius 1 is 1.21 bits per heavy atom. The number of halogens is 1. The molecule has 5 rings (SSSR count). The van der Waals surface area contributed by atoms with E-state index in [1.807, 2.05) is 4.90 Å². The maximum Gasteiger partial charge on any atom is 0.226 e. The van der Waals surface area contributed by atoms with Crippen LogP contribution in [0, 0.1) is 23.7 Å². The average Bonchev–Trinajstić information content (AvgIpc) is 3.32. The third-order valence-electron chi connectivity index (χ3n) is 7.19. The number of hydrogen-bond acceptors (Lipinski definition) is 4. The molecule has 28 heavy (non-hydrogen) atoms. The highest BCUT2D eigenvalue weighted by Gasteiger charge is 2.71. The maximum absolute atomic E-state index is 13.1. The number of ketones is 1. The molecule has 2 aliphatic heterocycles. The van der Waals surface area contributed by atoms with E-state index < -0.39 is 5.60 Å². The second-order valence-electron chi connectivity index (χ2n) is 8.66. The van der Waals surface area contributed by atoms with Crippen LogP contribution in [0.1, 0.15) is 42.5 Å². The van der Waals surface area contributed by atoms with Gasteiger partial charge in [-0.05, 0) is 49.8 Å². The Balaban J connectivity index is 1.32. The largest absolute Gasteiger partial charge is 0.486 e. The summed E-state index contributed by atoms with van der Waals surface area (Å²) in [6, 6.07) is 5.16. The number of rotatable bonds is 2. The minimum atomic E-state index is -0.561. The maximum atomic E-state index is 13.1. The van der Waals surface area contributed by atoms with Gasteiger partial charge in [0, 0.05) is 35.9 Å². The lowest BCUT2D eigenvalue weighted by atomic mass is 9.84. The van der Waals surface area contributed by atoms with E-state index in [2.05, 4.69) is 0 Å². The molecule has 1 aromatic rings. The van der Waals surface area contributed by atoms with Crippen LogP contribution in [-0.4, -0.2) is 41.2 Å². The summed E-state index contributed by atoms with van der Waals surface area (Å²) in [5.41, 5.74) is 5.37. The second-order valence-corrected chi connectivity index (χ2v) is 9.10. The molecule has 0 aromatic heterocycles. The molecule has 1 aromatic carbocycles. The predicted molar refractivity (Wildman–Crippen MR) is 102 cm³/mol. The van der Waals surface area contributed by atoms with Gasteiger partial charge in [0.2, 0.25) is 11.8 Å². The lowest BCUT2D eigenvalue weighted by Gasteiger charge is -2.38. The van der Waals surface area contributed by atoms with Gasteiger partial charge in [-0.1, -0.05) is 11.6 Å². The summed E-state index contributed by atoms with van der Waals surface area (Å²) < 4.78 is 6.36. The van der Waals surface area contributed by atoms with Crippen molar-refractivity contribution in [2.75, 3.05) is 13.1 Å². The fourth-order valence-electron chi connectivity index (χ4n) is 5.72. The van der Waals surface area contributed by atoms with Crippen LogP contribution in [0.4, 0.5) is 0 Å². The van der Waals surface area contributed by atoms with E-state index in [1.165, 1.54) is 0 Å². The van der Waals surface area contributed by atoms with Gasteiger partial charge in [0.1, 0.15) is 11.4 Å². The van der Waals surface area contributed by atoms with Crippen LogP contribution in [0.15, 0.2) is 18.2 Å². The van der Waals surface area contributed by atoms with E-state index in [1.54, 1.807) is 18.2 Å². The van der Waals surface area contributed by atoms with Gasteiger partial charge in [-0.25, -0.2) is 0 Å². The van der Waals surface area contributed by atoms with Crippen LogP contribution in [0.5, 0.6) is 5.75 Å². The van der Waals surface area contributed by atoms with E-state index in [4.69, 9.17) is 22.1 Å². The number of nitrogens with two attached hydrogens (primary N) is 1. The number of hydrogen-bond donors (Lipinski definition) is 1. The Kier molecular flexibility index (Phi) is 3.99. The first-order valence-electron chi connectivity index (χ1n) is 9.99. The monoisotopic (exact) mass is 402 g/mol. The van der Waals surface area contributed by atoms with E-state index in [0.717, 1.165) is 12.8 Å². The molecule has 2 heterocycles. The number of Topliss-reactive ketones (excluding diaryl/α,β-unsaturated/α-hetero) is 1. The summed E-state index contributed by atoms with van der Waals surface area (Å²) in [6.07, 6.45) is 3.31. The van der Waals surface area contributed by atoms with Crippen LogP contribution >= 0.6 is 11.6 Å². The highest BCUT2D eigenvalue weighted by molar-refractivity contribution is 6.31. The van der Waals surface area contributed by atoms with Crippen molar-refractivity contribution in [1.82, 2.24) is 4.90 Å². The smallest absolute Gasteiger partial charge is 0.226 e. The Bertz CT molecular complexity index is 879. The Hall–Kier alpha value is -2.08. The van der Waals surface area contributed by atoms with Crippen molar-refractivity contribution >= 4 is 29.2 Å². The van der Waals surface area contributed by atoms with E-state index in [9.17, 15) is 14.4 Å². The number of nitrogens with zero attached hydrogens (tertiary/aromatic N) is 1. The van der Waals surface area contributed by atoms with Crippen molar-refractivity contribution in [2.24, 2.45) is 29.4 Å². The van der Waals surface area contributed by atoms with Gasteiger partial charge in [-0.3, -0.25) is 14.4 Å². The second kappa shape index (κ2) is 6.21. The third-order valence-corrected chi connectivity index (χ3v) is 7.42. The molecule has 4 atom stereocenters. The molecule has 4 aliphatic rings. The van der Waals surface area contributed by atoms with Crippen molar-refractivity contribution < 1.29 is 19.1 Å². The summed E-state index contributed by atoms with van der Waals surface area (Å²) in [6.45, 7) is 1.16. The highest BCUT2D eigenvalue weighted by Crippen LogP contribution is 2.66. The molecule has 6 nitrogen and oxygen atoms in total. The van der Waals surface area contributed by atoms with Gasteiger partial charge in [-0.15, -0.1) is 0 Å². The Labute approximate surface area is 168 Å². The van der Waals surface area contributed by atoms with Crippen molar-refractivity contribution in [3.63, 3.8) is 0 Å². The normalized spacial score (nSPS) is 34.0. The van der Waals surface area contributed by atoms with Crippen molar-refractivity contribution in [1.29, 1.82) is 0 Å². The number of piperidine rings is 1. The van der Waals surface area contributed by atoms with E-state index in [-0.39, 0.29) is 35.4 Å². The number of likely N-dealkylation sites (tertiary alicyclic amines) is 1. The number of primary amides is 1. The van der Waals surface area contributed by atoms with Gasteiger partial charge in [0.25, 0.3) is 0 Å². The van der Waals surface area contributed by atoms with Crippen LogP contribution in [0.25, 0.3) is 0 Å². The summed E-state index contributed by atoms with van der Waals surface area (Å²) in [5, 5.41) is 0.523. The molecule has 1 spiro atoms. The minimum absolute atomic E-state index is 0.0461. The molecule has 0 unspecified atom stereocenters. The molecule has 148 valence electrons. The molecule has 0 radical (unpaired) electrons. The number of carbonyl (C=O) groups excluding carboxylic acids is 3. The number of benzene rings is 1. The van der Waals surface area contributed by atoms with Crippen LogP contribution in [0.2, 0.25) is 5.02 Å². The van der Waals surface area contributed by atoms with Crippen molar-refractivity contribution in [3.05, 3.63) is 28.8 Å². The summed E-state index contributed by atoms with van der Waals surface area (Å²) in [7, 11) is 0. The van der Waals surface area contributed by atoms with Crippen molar-refractivity contribution in [2.45, 2.75) is 37.7 Å². The molecule has 0 bridgehead atoms. The first-order chi connectivity index (χ1) is 13.4. The topological polar surface area (TPSA) is 89.7 Å². The van der Waals surface area contributed by atoms with Gasteiger partial charge in [-0.2, -0.15) is 0 Å². The first kappa shape index (κ1) is 18.0. The number of ether oxygens (including phenoxy) is 1. The molecule has 2 N–H and O–H groups in total. The summed E-state index contributed by atoms with van der Waals surface area (Å²) in [5.74, 6) is 0.700. The zero-order valence-electron chi connectivity index (χ0n) is 15.5. The summed E-state index contributed by atoms with van der Waals surface area (Å²) >= 11 is 6.02. The first-order valence-corrected chi connectivity index (χ1v) is 10.4. The molecule has 1 saturated heterocycles. The molecule has 7 heteroatoms. The summed E-state index contributed by atoms with van der Waals surface area (Å²) in [4.78, 5) is 39.1. The zero-order valence-corrected chi connectivity index (χ0v) is 16.3. The van der Waals surface area contributed by atoms with Gasteiger partial charge in [0.15, 0.2) is 5.78 Å². The van der Waals surface area contributed by atoms with Crippen LogP contribution in [-0.2, 0) is 9.59 Å². The van der Waals surface area contributed by atoms with Gasteiger partial charge < -0.3 is 15.4 Å². The lowest BCUT2D eigenvalue weighted by Crippen LogP contribution is -2.46.